The predicted octanol–water partition coefficient (Wildman–Crippen LogP) is 6.77. The summed E-state index contributed by atoms with van der Waals surface area (Å²) in [5.74, 6) is 0.123. The summed E-state index contributed by atoms with van der Waals surface area (Å²) >= 11 is 0. The monoisotopic (exact) mass is 498 g/mol. The average Bonchev–Trinajstić information content (AvgIpc) is 2.97. The highest BCUT2D eigenvalue weighted by Crippen LogP contribution is 2.39. The molecule has 0 spiro atoms. The van der Waals surface area contributed by atoms with Gasteiger partial charge in [0.25, 0.3) is 0 Å². The number of ketones is 1. The van der Waals surface area contributed by atoms with Gasteiger partial charge in [0.2, 0.25) is 0 Å². The van der Waals surface area contributed by atoms with E-state index in [4.69, 9.17) is 0 Å². The molecular formula is C33H42N2O2. The van der Waals surface area contributed by atoms with Crippen LogP contribution in [0.2, 0.25) is 0 Å². The van der Waals surface area contributed by atoms with Crippen molar-refractivity contribution in [2.45, 2.75) is 73.4 Å². The molecule has 4 nitrogen and oxygen atoms in total. The number of hydrogen-bond donors (Lipinski definition) is 1. The van der Waals surface area contributed by atoms with Gasteiger partial charge in [-0.05, 0) is 113 Å². The topological polar surface area (TPSA) is 43.8 Å². The molecule has 0 aromatic heterocycles. The lowest BCUT2D eigenvalue weighted by atomic mass is 9.90. The Hall–Kier alpha value is -2.79. The normalized spacial score (nSPS) is 22.2. The van der Waals surface area contributed by atoms with Gasteiger partial charge in [-0.25, -0.2) is 0 Å². The summed E-state index contributed by atoms with van der Waals surface area (Å²) in [6.45, 7) is 20.6. The molecule has 2 aromatic carbocycles. The van der Waals surface area contributed by atoms with E-state index >= 15 is 0 Å². The Morgan fingerprint density at radius 3 is 2.00 bits per heavy atom. The molecule has 1 saturated heterocycles. The number of carbonyl (C=O) groups is 1. The number of Topliss-reactive ketones (excluding diaryl/α,β-unsaturated/α-hetero) is 1. The highest BCUT2D eigenvalue weighted by molar-refractivity contribution is 6.14. The van der Waals surface area contributed by atoms with Crippen molar-refractivity contribution in [3.63, 3.8) is 0 Å². The van der Waals surface area contributed by atoms with Crippen LogP contribution in [-0.4, -0.2) is 51.7 Å². The van der Waals surface area contributed by atoms with Gasteiger partial charge in [0.05, 0.1) is 11.1 Å². The summed E-state index contributed by atoms with van der Waals surface area (Å²) in [6, 6.07) is 10.6. The largest absolute Gasteiger partial charge is 0.312 e. The van der Waals surface area contributed by atoms with Crippen molar-refractivity contribution in [2.75, 3.05) is 19.6 Å². The lowest BCUT2D eigenvalue weighted by Crippen LogP contribution is -2.49. The average molecular weight is 499 g/mol. The molecule has 4 rings (SSSR count). The van der Waals surface area contributed by atoms with Gasteiger partial charge < -0.3 is 5.21 Å². The Morgan fingerprint density at radius 1 is 0.838 bits per heavy atom. The molecule has 0 amide bonds. The van der Waals surface area contributed by atoms with E-state index in [2.05, 4.69) is 102 Å². The second kappa shape index (κ2) is 9.83. The molecule has 0 saturated carbocycles. The molecule has 0 radical (unpaired) electrons. The molecule has 2 aromatic rings. The molecule has 0 aliphatic carbocycles. The molecule has 37 heavy (non-hydrogen) atoms. The van der Waals surface area contributed by atoms with Crippen LogP contribution in [0.15, 0.2) is 53.1 Å². The molecule has 0 atom stereocenters. The lowest BCUT2D eigenvalue weighted by Gasteiger charge is -2.38. The molecule has 2 aliphatic heterocycles. The number of benzene rings is 2. The fourth-order valence-electron chi connectivity index (χ4n) is 5.72. The first-order valence-electron chi connectivity index (χ1n) is 13.2. The van der Waals surface area contributed by atoms with E-state index in [1.54, 1.807) is 0 Å². The van der Waals surface area contributed by atoms with Crippen LogP contribution in [0, 0.1) is 34.6 Å². The van der Waals surface area contributed by atoms with Crippen LogP contribution >= 0.6 is 0 Å². The maximum absolute atomic E-state index is 13.8. The van der Waals surface area contributed by atoms with Gasteiger partial charge in [0.1, 0.15) is 0 Å². The van der Waals surface area contributed by atoms with Crippen molar-refractivity contribution in [2.24, 2.45) is 0 Å². The number of likely N-dealkylation sites (tertiary alicyclic amines) is 1. The third kappa shape index (κ3) is 5.29. The third-order valence-corrected chi connectivity index (χ3v) is 8.34. The number of nitrogens with zero attached hydrogens (tertiary/aromatic N) is 2. The van der Waals surface area contributed by atoms with E-state index in [1.165, 1.54) is 38.5 Å². The Balaban J connectivity index is 1.76. The number of rotatable bonds is 4. The number of aryl methyl sites for hydroxylation is 3. The Labute approximate surface area is 223 Å². The minimum Gasteiger partial charge on any atom is -0.312 e. The van der Waals surface area contributed by atoms with Gasteiger partial charge in [0.15, 0.2) is 5.78 Å². The zero-order chi connectivity index (χ0) is 27.3. The van der Waals surface area contributed by atoms with E-state index in [1.807, 2.05) is 13.8 Å². The van der Waals surface area contributed by atoms with E-state index in [0.29, 0.717) is 19.6 Å². The van der Waals surface area contributed by atoms with Crippen LogP contribution in [0.4, 0.5) is 0 Å². The van der Waals surface area contributed by atoms with Crippen molar-refractivity contribution in [3.8, 4) is 0 Å². The maximum atomic E-state index is 13.8. The van der Waals surface area contributed by atoms with E-state index in [0.717, 1.165) is 22.3 Å². The molecule has 0 unspecified atom stereocenters. The van der Waals surface area contributed by atoms with Gasteiger partial charge >= 0.3 is 0 Å². The second-order valence-electron chi connectivity index (χ2n) is 12.1. The van der Waals surface area contributed by atoms with Crippen LogP contribution < -0.4 is 0 Å². The van der Waals surface area contributed by atoms with Crippen molar-refractivity contribution in [1.29, 1.82) is 0 Å². The van der Waals surface area contributed by atoms with Crippen LogP contribution in [0.5, 0.6) is 0 Å². The van der Waals surface area contributed by atoms with Crippen molar-refractivity contribution in [1.82, 2.24) is 9.96 Å². The first-order valence-corrected chi connectivity index (χ1v) is 13.2. The van der Waals surface area contributed by atoms with Gasteiger partial charge in [0, 0.05) is 30.8 Å². The van der Waals surface area contributed by atoms with Crippen LogP contribution in [0.25, 0.3) is 12.2 Å². The minimum atomic E-state index is -0.475. The fraction of sp³-hybridized carbons (Fsp3) is 0.424. The predicted molar refractivity (Wildman–Crippen MR) is 154 cm³/mol. The molecule has 0 bridgehead atoms. The third-order valence-electron chi connectivity index (χ3n) is 8.34. The zero-order valence-corrected chi connectivity index (χ0v) is 24.0. The minimum absolute atomic E-state index is 0.123. The summed E-state index contributed by atoms with van der Waals surface area (Å²) in [6.07, 6.45) is 6.33. The van der Waals surface area contributed by atoms with Crippen LogP contribution in [-0.2, 0) is 4.79 Å². The Bertz CT molecular complexity index is 1340. The van der Waals surface area contributed by atoms with Gasteiger partial charge in [-0.2, -0.15) is 5.06 Å². The zero-order valence-electron chi connectivity index (χ0n) is 24.0. The van der Waals surface area contributed by atoms with Gasteiger partial charge in [-0.3, -0.25) is 9.69 Å². The summed E-state index contributed by atoms with van der Waals surface area (Å²) < 4.78 is 0. The van der Waals surface area contributed by atoms with Crippen LogP contribution in [0.3, 0.4) is 0 Å². The number of carbonyl (C=O) groups excluding carboxylic acids is 1. The molecule has 4 heteroatoms. The van der Waals surface area contributed by atoms with E-state index < -0.39 is 11.1 Å². The molecular weight excluding hydrogens is 456 g/mol. The summed E-state index contributed by atoms with van der Waals surface area (Å²) in [7, 11) is 0. The smallest absolute Gasteiger partial charge is 0.187 e. The molecule has 196 valence electrons. The fourth-order valence-corrected chi connectivity index (χ4v) is 5.72. The number of hydroxylamine groups is 2. The maximum Gasteiger partial charge on any atom is 0.187 e. The first kappa shape index (κ1) is 27.3. The van der Waals surface area contributed by atoms with Gasteiger partial charge in [-0.1, -0.05) is 42.0 Å². The number of hydrogen-bond acceptors (Lipinski definition) is 4. The van der Waals surface area contributed by atoms with Crippen molar-refractivity contribution < 1.29 is 10.0 Å². The van der Waals surface area contributed by atoms with E-state index in [-0.39, 0.29) is 5.78 Å². The van der Waals surface area contributed by atoms with Crippen LogP contribution in [0.1, 0.15) is 66.6 Å². The quantitative estimate of drug-likeness (QED) is 0.373. The second-order valence-corrected chi connectivity index (χ2v) is 12.1. The van der Waals surface area contributed by atoms with E-state index in [9.17, 15) is 10.0 Å². The summed E-state index contributed by atoms with van der Waals surface area (Å²) in [4.78, 5) is 16.1. The number of piperidine rings is 1. The lowest BCUT2D eigenvalue weighted by molar-refractivity contribution is -0.185. The molecule has 2 heterocycles. The highest BCUT2D eigenvalue weighted by Gasteiger charge is 2.45. The summed E-state index contributed by atoms with van der Waals surface area (Å²) in [5.41, 5.74) is 10.2. The standard InChI is InChI=1S/C33H42N2O2/c1-21-10-12-26(23(3)14-21)15-28-18-34(20-30-17-32(6,7)35(37)33(30,8)9)19-29(31(28)36)16-27-13-11-22(2)24(4)25(27)5/h10-17,37H,18-20H2,1-9H3/b28-15+,29-16+. The first-order chi connectivity index (χ1) is 17.2. The molecule has 1 N–H and O–H groups in total. The highest BCUT2D eigenvalue weighted by atomic mass is 16.5. The SMILES string of the molecule is Cc1ccc(/C=C2\CN(CC3=CC(C)(C)N(O)C3(C)C)C/C(=C\c3ccc(C)c(C)c3C)C2=O)c(C)c1. The van der Waals surface area contributed by atoms with Crippen molar-refractivity contribution in [3.05, 3.63) is 92.1 Å². The Morgan fingerprint density at radius 2 is 1.43 bits per heavy atom. The molecule has 2 aliphatic rings. The molecule has 1 fully saturated rings. The Kier molecular flexibility index (Phi) is 7.24. The van der Waals surface area contributed by atoms with Gasteiger partial charge in [-0.15, -0.1) is 0 Å². The van der Waals surface area contributed by atoms with Crippen molar-refractivity contribution >= 4 is 17.9 Å². The summed E-state index contributed by atoms with van der Waals surface area (Å²) in [5, 5.41) is 12.3.